The van der Waals surface area contributed by atoms with Gasteiger partial charge in [-0.1, -0.05) is 0 Å². The maximum Gasteiger partial charge on any atom is 0.230 e. The average Bonchev–Trinajstić information content (AvgIpc) is 2.87. The first-order chi connectivity index (χ1) is 7.79. The summed E-state index contributed by atoms with van der Waals surface area (Å²) in [5, 5.41) is 18.7. The second kappa shape index (κ2) is 4.84. The van der Waals surface area contributed by atoms with Crippen molar-refractivity contribution < 1.29 is 4.42 Å². The molecule has 0 aromatic carbocycles. The molecule has 0 aliphatic rings. The van der Waals surface area contributed by atoms with Crippen LogP contribution in [-0.2, 0) is 19.6 Å². The van der Waals surface area contributed by atoms with Crippen molar-refractivity contribution in [2.75, 3.05) is 0 Å². The van der Waals surface area contributed by atoms with Crippen LogP contribution in [0.15, 0.2) is 10.7 Å². The van der Waals surface area contributed by atoms with Gasteiger partial charge in [0.15, 0.2) is 0 Å². The molecule has 0 atom stereocenters. The molecule has 0 bridgehead atoms. The summed E-state index contributed by atoms with van der Waals surface area (Å²) in [4.78, 5) is 0. The highest BCUT2D eigenvalue weighted by Crippen LogP contribution is 1.98. The van der Waals surface area contributed by atoms with Crippen molar-refractivity contribution in [3.63, 3.8) is 0 Å². The molecule has 16 heavy (non-hydrogen) atoms. The van der Waals surface area contributed by atoms with Gasteiger partial charge in [-0.15, -0.1) is 20.4 Å². The minimum Gasteiger partial charge on any atom is -0.424 e. The molecule has 2 rings (SSSR count). The summed E-state index contributed by atoms with van der Waals surface area (Å²) in [6, 6.07) is 0. The molecule has 0 spiro atoms. The molecule has 0 saturated carbocycles. The van der Waals surface area contributed by atoms with E-state index >= 15 is 0 Å². The Balaban J connectivity index is 1.84. The molecule has 0 aliphatic carbocycles. The zero-order valence-electron chi connectivity index (χ0n) is 9.34. The maximum atomic E-state index is 5.23. The topological polar surface area (TPSA) is 81.7 Å². The summed E-state index contributed by atoms with van der Waals surface area (Å²) < 4.78 is 7.21. The number of aromatic nitrogens is 5. The Labute approximate surface area is 92.9 Å². The van der Waals surface area contributed by atoms with Crippen molar-refractivity contribution in [1.29, 1.82) is 0 Å². The van der Waals surface area contributed by atoms with Gasteiger partial charge in [0.2, 0.25) is 11.8 Å². The Morgan fingerprint density at radius 2 is 2.19 bits per heavy atom. The lowest BCUT2D eigenvalue weighted by Gasteiger charge is -2.03. The second-order valence-corrected chi connectivity index (χ2v) is 3.35. The van der Waals surface area contributed by atoms with Gasteiger partial charge in [-0.05, 0) is 6.92 Å². The van der Waals surface area contributed by atoms with Crippen LogP contribution in [0.5, 0.6) is 0 Å². The molecule has 2 aromatic heterocycles. The quantitative estimate of drug-likeness (QED) is 0.782. The SMILES string of the molecule is CCn1cnnc1CNCc1nnc(C)o1. The van der Waals surface area contributed by atoms with E-state index in [1.807, 2.05) is 11.5 Å². The van der Waals surface area contributed by atoms with Crippen molar-refractivity contribution in [2.45, 2.75) is 33.5 Å². The molecule has 0 fully saturated rings. The third kappa shape index (κ3) is 2.43. The number of rotatable bonds is 5. The zero-order valence-corrected chi connectivity index (χ0v) is 9.34. The van der Waals surface area contributed by atoms with Gasteiger partial charge in [0.1, 0.15) is 12.2 Å². The smallest absolute Gasteiger partial charge is 0.230 e. The van der Waals surface area contributed by atoms with E-state index in [0.717, 1.165) is 12.4 Å². The Hall–Kier alpha value is -1.76. The van der Waals surface area contributed by atoms with Crippen molar-refractivity contribution >= 4 is 0 Å². The molecule has 0 aliphatic heterocycles. The van der Waals surface area contributed by atoms with Gasteiger partial charge < -0.3 is 14.3 Å². The molecule has 2 aromatic rings. The molecule has 1 N–H and O–H groups in total. The zero-order chi connectivity index (χ0) is 11.4. The molecular weight excluding hydrogens is 208 g/mol. The van der Waals surface area contributed by atoms with Gasteiger partial charge in [-0.25, -0.2) is 0 Å². The van der Waals surface area contributed by atoms with Crippen LogP contribution in [0.3, 0.4) is 0 Å². The highest BCUT2D eigenvalue weighted by atomic mass is 16.4. The third-order valence-electron chi connectivity index (χ3n) is 2.16. The number of aryl methyl sites for hydroxylation is 2. The van der Waals surface area contributed by atoms with Crippen molar-refractivity contribution in [3.8, 4) is 0 Å². The molecule has 0 radical (unpaired) electrons. The molecule has 86 valence electrons. The highest BCUT2D eigenvalue weighted by Gasteiger charge is 2.04. The fourth-order valence-corrected chi connectivity index (χ4v) is 1.37. The average molecular weight is 222 g/mol. The van der Waals surface area contributed by atoms with Crippen LogP contribution < -0.4 is 5.32 Å². The summed E-state index contributed by atoms with van der Waals surface area (Å²) in [6.45, 7) is 5.86. The standard InChI is InChI=1S/C9H14N6O/c1-3-15-6-11-13-8(15)4-10-5-9-14-12-7(2)16-9/h6,10H,3-5H2,1-2H3. The molecule has 7 nitrogen and oxygen atoms in total. The minimum absolute atomic E-state index is 0.539. The van der Waals surface area contributed by atoms with E-state index in [2.05, 4.69) is 25.7 Å². The van der Waals surface area contributed by atoms with E-state index < -0.39 is 0 Å². The number of nitrogens with zero attached hydrogens (tertiary/aromatic N) is 5. The van der Waals surface area contributed by atoms with Gasteiger partial charge in [-0.3, -0.25) is 0 Å². The lowest BCUT2D eigenvalue weighted by Crippen LogP contribution is -2.16. The number of hydrogen-bond acceptors (Lipinski definition) is 6. The molecule has 0 saturated heterocycles. The summed E-state index contributed by atoms with van der Waals surface area (Å²) in [6.07, 6.45) is 1.72. The third-order valence-corrected chi connectivity index (χ3v) is 2.16. The van der Waals surface area contributed by atoms with Crippen LogP contribution in [0.2, 0.25) is 0 Å². The Morgan fingerprint density at radius 3 is 2.88 bits per heavy atom. The Bertz CT molecular complexity index is 448. The molecular formula is C9H14N6O. The summed E-state index contributed by atoms with van der Waals surface area (Å²) in [5.41, 5.74) is 0. The largest absolute Gasteiger partial charge is 0.424 e. The van der Waals surface area contributed by atoms with Gasteiger partial charge in [-0.2, -0.15) is 0 Å². The lowest BCUT2D eigenvalue weighted by molar-refractivity contribution is 0.443. The first-order valence-corrected chi connectivity index (χ1v) is 5.16. The van der Waals surface area contributed by atoms with E-state index in [0.29, 0.717) is 24.9 Å². The van der Waals surface area contributed by atoms with E-state index in [-0.39, 0.29) is 0 Å². The van der Waals surface area contributed by atoms with Crippen molar-refractivity contribution in [2.24, 2.45) is 0 Å². The monoisotopic (exact) mass is 222 g/mol. The van der Waals surface area contributed by atoms with Crippen LogP contribution in [0.25, 0.3) is 0 Å². The van der Waals surface area contributed by atoms with Gasteiger partial charge in [0.05, 0.1) is 13.1 Å². The minimum atomic E-state index is 0.539. The first-order valence-electron chi connectivity index (χ1n) is 5.16. The fraction of sp³-hybridized carbons (Fsp3) is 0.556. The molecule has 0 amide bonds. The Kier molecular flexibility index (Phi) is 3.25. The van der Waals surface area contributed by atoms with Crippen LogP contribution in [0, 0.1) is 6.92 Å². The van der Waals surface area contributed by atoms with Gasteiger partial charge in [0.25, 0.3) is 0 Å². The lowest BCUT2D eigenvalue weighted by atomic mass is 10.5. The number of nitrogens with one attached hydrogen (secondary N) is 1. The molecule has 0 unspecified atom stereocenters. The van der Waals surface area contributed by atoms with Crippen LogP contribution in [0.4, 0.5) is 0 Å². The number of hydrogen-bond donors (Lipinski definition) is 1. The Morgan fingerprint density at radius 1 is 1.31 bits per heavy atom. The van der Waals surface area contributed by atoms with E-state index in [9.17, 15) is 0 Å². The summed E-state index contributed by atoms with van der Waals surface area (Å²) in [7, 11) is 0. The first kappa shape index (κ1) is 10.7. The summed E-state index contributed by atoms with van der Waals surface area (Å²) >= 11 is 0. The van der Waals surface area contributed by atoms with Gasteiger partial charge >= 0.3 is 0 Å². The summed E-state index contributed by atoms with van der Waals surface area (Å²) in [5.74, 6) is 2.06. The predicted octanol–water partition coefficient (Wildman–Crippen LogP) is 0.279. The maximum absolute atomic E-state index is 5.23. The van der Waals surface area contributed by atoms with E-state index in [1.54, 1.807) is 13.3 Å². The van der Waals surface area contributed by atoms with E-state index in [4.69, 9.17) is 4.42 Å². The fourth-order valence-electron chi connectivity index (χ4n) is 1.37. The molecule has 2 heterocycles. The highest BCUT2D eigenvalue weighted by molar-refractivity contribution is 4.85. The van der Waals surface area contributed by atoms with Crippen LogP contribution >= 0.6 is 0 Å². The molecule has 7 heteroatoms. The van der Waals surface area contributed by atoms with E-state index in [1.165, 1.54) is 0 Å². The van der Waals surface area contributed by atoms with Crippen molar-refractivity contribution in [3.05, 3.63) is 23.9 Å². The van der Waals surface area contributed by atoms with Crippen LogP contribution in [-0.4, -0.2) is 25.0 Å². The normalized spacial score (nSPS) is 10.9. The van der Waals surface area contributed by atoms with Gasteiger partial charge in [0, 0.05) is 13.5 Å². The predicted molar refractivity (Wildman–Crippen MR) is 55.3 cm³/mol. The second-order valence-electron chi connectivity index (χ2n) is 3.35. The van der Waals surface area contributed by atoms with Crippen molar-refractivity contribution in [1.82, 2.24) is 30.3 Å². The van der Waals surface area contributed by atoms with Crippen LogP contribution in [0.1, 0.15) is 24.5 Å².